The van der Waals surface area contributed by atoms with E-state index in [4.69, 9.17) is 4.84 Å². The highest BCUT2D eigenvalue weighted by Crippen LogP contribution is 2.21. The fourth-order valence-electron chi connectivity index (χ4n) is 3.14. The van der Waals surface area contributed by atoms with Crippen molar-refractivity contribution in [1.82, 2.24) is 10.2 Å². The second-order valence-corrected chi connectivity index (χ2v) is 6.59. The van der Waals surface area contributed by atoms with Gasteiger partial charge in [-0.15, -0.1) is 0 Å². The Labute approximate surface area is 158 Å². The first-order valence-corrected chi connectivity index (χ1v) is 9.13. The van der Waals surface area contributed by atoms with Gasteiger partial charge in [0.2, 0.25) is 0 Å². The van der Waals surface area contributed by atoms with E-state index in [1.807, 2.05) is 38.1 Å². The van der Waals surface area contributed by atoms with Crippen LogP contribution in [-0.4, -0.2) is 35.8 Å². The number of rotatable bonds is 6. The van der Waals surface area contributed by atoms with Crippen LogP contribution in [0.15, 0.2) is 53.7 Å². The molecule has 5 nitrogen and oxygen atoms in total. The molecule has 0 aromatic heterocycles. The first-order chi connectivity index (χ1) is 13.1. The van der Waals surface area contributed by atoms with Crippen molar-refractivity contribution in [2.75, 3.05) is 13.1 Å². The minimum Gasteiger partial charge on any atom is -0.390 e. The molecular formula is C21H24FN3O2. The number of carbonyl (C=O) groups is 1. The molecule has 1 N–H and O–H groups in total. The summed E-state index contributed by atoms with van der Waals surface area (Å²) in [5, 5.41) is 7.00. The predicted octanol–water partition coefficient (Wildman–Crippen LogP) is 3.86. The summed E-state index contributed by atoms with van der Waals surface area (Å²) in [6.07, 6.45) is 0.354. The van der Waals surface area contributed by atoms with Crippen LogP contribution in [0.3, 0.4) is 0 Å². The summed E-state index contributed by atoms with van der Waals surface area (Å²) in [4.78, 5) is 19.6. The zero-order valence-electron chi connectivity index (χ0n) is 15.6. The average Bonchev–Trinajstić information content (AvgIpc) is 3.12. The van der Waals surface area contributed by atoms with E-state index >= 15 is 0 Å². The number of urea groups is 1. The molecule has 1 aliphatic rings. The Hall–Kier alpha value is -2.89. The van der Waals surface area contributed by atoms with Gasteiger partial charge in [0.05, 0.1) is 18.8 Å². The summed E-state index contributed by atoms with van der Waals surface area (Å²) in [6.45, 7) is 4.90. The highest BCUT2D eigenvalue weighted by Gasteiger charge is 2.27. The van der Waals surface area contributed by atoms with E-state index in [2.05, 4.69) is 10.5 Å². The van der Waals surface area contributed by atoms with Crippen LogP contribution < -0.4 is 5.32 Å². The van der Waals surface area contributed by atoms with Gasteiger partial charge in [-0.05, 0) is 25.5 Å². The van der Waals surface area contributed by atoms with Crippen molar-refractivity contribution < 1.29 is 14.0 Å². The van der Waals surface area contributed by atoms with E-state index in [1.165, 1.54) is 6.07 Å². The molecule has 0 unspecified atom stereocenters. The molecule has 0 saturated heterocycles. The van der Waals surface area contributed by atoms with Crippen molar-refractivity contribution in [1.29, 1.82) is 0 Å². The lowest BCUT2D eigenvalue weighted by atomic mass is 10.0. The standard InChI is InChI=1S/C21H24FN3O2/c1-3-23-21(26)25(13-16-9-5-7-11-19(16)22)14-17-12-20(24-27-17)18-10-6-4-8-15(18)2/h4-11,17H,3,12-14H2,1-2H3,(H,23,26)/t17-/m1/s1. The number of oxime groups is 1. The van der Waals surface area contributed by atoms with Gasteiger partial charge >= 0.3 is 6.03 Å². The van der Waals surface area contributed by atoms with Crippen LogP contribution in [0.4, 0.5) is 9.18 Å². The van der Waals surface area contributed by atoms with Crippen LogP contribution in [-0.2, 0) is 11.4 Å². The molecule has 3 rings (SSSR count). The van der Waals surface area contributed by atoms with E-state index in [0.29, 0.717) is 25.1 Å². The molecule has 2 amide bonds. The third kappa shape index (κ3) is 4.64. The third-order valence-corrected chi connectivity index (χ3v) is 4.55. The number of halogens is 1. The van der Waals surface area contributed by atoms with E-state index in [9.17, 15) is 9.18 Å². The summed E-state index contributed by atoms with van der Waals surface area (Å²) >= 11 is 0. The van der Waals surface area contributed by atoms with E-state index in [1.54, 1.807) is 23.1 Å². The van der Waals surface area contributed by atoms with Crippen molar-refractivity contribution in [2.45, 2.75) is 32.9 Å². The molecule has 1 heterocycles. The zero-order chi connectivity index (χ0) is 19.2. The number of hydrogen-bond donors (Lipinski definition) is 1. The molecule has 2 aromatic rings. The van der Waals surface area contributed by atoms with Crippen molar-refractivity contribution in [3.8, 4) is 0 Å². The minimum absolute atomic E-state index is 0.179. The highest BCUT2D eigenvalue weighted by molar-refractivity contribution is 6.02. The number of hydrogen-bond acceptors (Lipinski definition) is 3. The summed E-state index contributed by atoms with van der Waals surface area (Å²) in [6, 6.07) is 14.2. The first-order valence-electron chi connectivity index (χ1n) is 9.13. The Balaban J connectivity index is 1.69. The summed E-state index contributed by atoms with van der Waals surface area (Å²) in [5.41, 5.74) is 3.53. The van der Waals surface area contributed by atoms with Gasteiger partial charge in [-0.25, -0.2) is 9.18 Å². The Morgan fingerprint density at radius 3 is 2.74 bits per heavy atom. The molecule has 0 aliphatic carbocycles. The van der Waals surface area contributed by atoms with Gasteiger partial charge in [0.1, 0.15) is 5.82 Å². The number of nitrogens with one attached hydrogen (secondary N) is 1. The van der Waals surface area contributed by atoms with Crippen LogP contribution >= 0.6 is 0 Å². The van der Waals surface area contributed by atoms with Crippen molar-refractivity contribution in [2.24, 2.45) is 5.16 Å². The molecule has 0 spiro atoms. The Bertz CT molecular complexity index is 838. The lowest BCUT2D eigenvalue weighted by molar-refractivity contribution is 0.0588. The third-order valence-electron chi connectivity index (χ3n) is 4.55. The molecule has 142 valence electrons. The van der Waals surface area contributed by atoms with E-state index in [0.717, 1.165) is 16.8 Å². The van der Waals surface area contributed by atoms with Crippen molar-refractivity contribution in [3.63, 3.8) is 0 Å². The van der Waals surface area contributed by atoms with Gasteiger partial charge in [0.15, 0.2) is 6.10 Å². The van der Waals surface area contributed by atoms with Gasteiger partial charge in [-0.1, -0.05) is 47.6 Å². The Kier molecular flexibility index (Phi) is 6.06. The van der Waals surface area contributed by atoms with Crippen molar-refractivity contribution in [3.05, 3.63) is 71.0 Å². The quantitative estimate of drug-likeness (QED) is 0.841. The number of aryl methyl sites for hydroxylation is 1. The van der Waals surface area contributed by atoms with Crippen LogP contribution in [0.2, 0.25) is 0 Å². The minimum atomic E-state index is -0.323. The lowest BCUT2D eigenvalue weighted by Crippen LogP contribution is -2.43. The number of carbonyl (C=O) groups excluding carboxylic acids is 1. The summed E-state index contributed by atoms with van der Waals surface area (Å²) in [7, 11) is 0. The highest BCUT2D eigenvalue weighted by atomic mass is 19.1. The molecule has 27 heavy (non-hydrogen) atoms. The Morgan fingerprint density at radius 1 is 1.26 bits per heavy atom. The van der Waals surface area contributed by atoms with Gasteiger partial charge in [0.25, 0.3) is 0 Å². The van der Waals surface area contributed by atoms with Gasteiger partial charge in [-0.3, -0.25) is 0 Å². The molecule has 0 fully saturated rings. The SMILES string of the molecule is CCNC(=O)N(Cc1ccccc1F)C[C@H]1CC(c2ccccc2C)=NO1. The Morgan fingerprint density at radius 2 is 2.00 bits per heavy atom. The largest absolute Gasteiger partial charge is 0.390 e. The van der Waals surface area contributed by atoms with Gasteiger partial charge in [-0.2, -0.15) is 0 Å². The summed E-state index contributed by atoms with van der Waals surface area (Å²) in [5.74, 6) is -0.323. The fraction of sp³-hybridized carbons (Fsp3) is 0.333. The fourth-order valence-corrected chi connectivity index (χ4v) is 3.14. The molecule has 6 heteroatoms. The lowest BCUT2D eigenvalue weighted by Gasteiger charge is -2.25. The maximum absolute atomic E-state index is 14.0. The molecule has 2 aromatic carbocycles. The molecule has 0 saturated carbocycles. The normalized spacial score (nSPS) is 15.8. The monoisotopic (exact) mass is 369 g/mol. The molecule has 0 bridgehead atoms. The van der Waals surface area contributed by atoms with E-state index < -0.39 is 0 Å². The topological polar surface area (TPSA) is 53.9 Å². The first kappa shape index (κ1) is 18.9. The van der Waals surface area contributed by atoms with Crippen LogP contribution in [0.5, 0.6) is 0 Å². The maximum atomic E-state index is 14.0. The molecular weight excluding hydrogens is 345 g/mol. The molecule has 1 atom stereocenters. The second-order valence-electron chi connectivity index (χ2n) is 6.59. The number of nitrogens with zero attached hydrogens (tertiary/aromatic N) is 2. The predicted molar refractivity (Wildman–Crippen MR) is 103 cm³/mol. The van der Waals surface area contributed by atoms with Crippen LogP contribution in [0.1, 0.15) is 30.0 Å². The average molecular weight is 369 g/mol. The van der Waals surface area contributed by atoms with Crippen LogP contribution in [0, 0.1) is 12.7 Å². The van der Waals surface area contributed by atoms with Gasteiger partial charge < -0.3 is 15.1 Å². The smallest absolute Gasteiger partial charge is 0.317 e. The van der Waals surface area contributed by atoms with Crippen molar-refractivity contribution >= 4 is 11.7 Å². The second kappa shape index (κ2) is 8.66. The maximum Gasteiger partial charge on any atom is 0.317 e. The zero-order valence-corrected chi connectivity index (χ0v) is 15.6. The number of amides is 2. The molecule has 0 radical (unpaired) electrons. The number of benzene rings is 2. The van der Waals surface area contributed by atoms with E-state index in [-0.39, 0.29) is 24.5 Å². The molecule has 1 aliphatic heterocycles. The van der Waals surface area contributed by atoms with Gasteiger partial charge in [0, 0.05) is 24.1 Å². The summed E-state index contributed by atoms with van der Waals surface area (Å²) < 4.78 is 14.0. The van der Waals surface area contributed by atoms with Crippen LogP contribution in [0.25, 0.3) is 0 Å².